The van der Waals surface area contributed by atoms with Gasteiger partial charge in [0.25, 0.3) is 0 Å². The number of halogens is 1. The molecule has 0 aliphatic heterocycles. The average Bonchev–Trinajstić information content (AvgIpc) is 2.88. The normalized spacial score (nSPS) is 11.1. The summed E-state index contributed by atoms with van der Waals surface area (Å²) in [6.45, 7) is 0.942. The van der Waals surface area contributed by atoms with Gasteiger partial charge in [0.05, 0.1) is 5.52 Å². The minimum absolute atomic E-state index is 0.207. The van der Waals surface area contributed by atoms with Gasteiger partial charge in [0.1, 0.15) is 5.82 Å². The van der Waals surface area contributed by atoms with Crippen LogP contribution in [0.1, 0.15) is 5.56 Å². The van der Waals surface area contributed by atoms with Crippen LogP contribution < -0.4 is 5.32 Å². The molecule has 0 unspecified atom stereocenters. The van der Waals surface area contributed by atoms with Crippen molar-refractivity contribution in [3.8, 4) is 11.1 Å². The van der Waals surface area contributed by atoms with E-state index in [-0.39, 0.29) is 5.82 Å². The number of H-pyrrole nitrogens is 1. The molecule has 0 amide bonds. The Hall–Kier alpha value is -2.13. The number of nitrogens with one attached hydrogen (secondary N) is 2. The van der Waals surface area contributed by atoms with E-state index < -0.39 is 0 Å². The highest BCUT2D eigenvalue weighted by Gasteiger charge is 2.09. The first-order valence-electron chi connectivity index (χ1n) is 6.79. The molecule has 2 N–H and O–H groups in total. The number of fused-ring (bicyclic) bond motifs is 1. The zero-order valence-corrected chi connectivity index (χ0v) is 11.4. The molecule has 2 nitrogen and oxygen atoms in total. The van der Waals surface area contributed by atoms with Crippen LogP contribution in [0.25, 0.3) is 22.0 Å². The van der Waals surface area contributed by atoms with Gasteiger partial charge in [-0.2, -0.15) is 0 Å². The minimum atomic E-state index is -0.207. The number of aromatic amines is 1. The van der Waals surface area contributed by atoms with Gasteiger partial charge < -0.3 is 10.3 Å². The summed E-state index contributed by atoms with van der Waals surface area (Å²) in [7, 11) is 1.95. The van der Waals surface area contributed by atoms with E-state index in [2.05, 4.69) is 16.4 Å². The van der Waals surface area contributed by atoms with E-state index in [4.69, 9.17) is 0 Å². The van der Waals surface area contributed by atoms with Gasteiger partial charge in [-0.25, -0.2) is 4.39 Å². The standard InChI is InChI=1S/C17H17FN2/c1-19-9-8-13-11-20-17-15(6-3-7-16(13)17)12-4-2-5-14(18)10-12/h2-7,10-11,19-20H,8-9H2,1H3. The van der Waals surface area contributed by atoms with Crippen molar-refractivity contribution in [3.05, 3.63) is 60.0 Å². The van der Waals surface area contributed by atoms with Crippen molar-refractivity contribution in [1.82, 2.24) is 10.3 Å². The minimum Gasteiger partial charge on any atom is -0.360 e. The van der Waals surface area contributed by atoms with E-state index in [1.807, 2.05) is 31.4 Å². The lowest BCUT2D eigenvalue weighted by Gasteiger charge is -2.05. The lowest BCUT2D eigenvalue weighted by atomic mass is 10.0. The monoisotopic (exact) mass is 268 g/mol. The Labute approximate surface area is 117 Å². The first-order chi connectivity index (χ1) is 9.79. The molecule has 0 saturated carbocycles. The fraction of sp³-hybridized carbons (Fsp3) is 0.176. The van der Waals surface area contributed by atoms with Crippen molar-refractivity contribution in [2.75, 3.05) is 13.6 Å². The Bertz CT molecular complexity index is 731. The lowest BCUT2D eigenvalue weighted by molar-refractivity contribution is 0.628. The maximum Gasteiger partial charge on any atom is 0.123 e. The molecule has 102 valence electrons. The summed E-state index contributed by atoms with van der Waals surface area (Å²) in [4.78, 5) is 3.33. The molecule has 3 rings (SSSR count). The summed E-state index contributed by atoms with van der Waals surface area (Å²) < 4.78 is 13.4. The summed E-state index contributed by atoms with van der Waals surface area (Å²) in [5, 5.41) is 4.37. The van der Waals surface area contributed by atoms with Gasteiger partial charge in [-0.15, -0.1) is 0 Å². The second-order valence-electron chi connectivity index (χ2n) is 4.91. The summed E-state index contributed by atoms with van der Waals surface area (Å²) in [6, 6.07) is 12.9. The van der Waals surface area contributed by atoms with Crippen LogP contribution in [0.4, 0.5) is 4.39 Å². The second kappa shape index (κ2) is 5.47. The Morgan fingerprint density at radius 2 is 2.00 bits per heavy atom. The molecular formula is C17H17FN2. The highest BCUT2D eigenvalue weighted by Crippen LogP contribution is 2.30. The van der Waals surface area contributed by atoms with Crippen molar-refractivity contribution in [2.45, 2.75) is 6.42 Å². The molecule has 0 saturated heterocycles. The number of rotatable bonds is 4. The molecule has 3 aromatic rings. The van der Waals surface area contributed by atoms with Gasteiger partial charge in [-0.05, 0) is 43.3 Å². The molecule has 20 heavy (non-hydrogen) atoms. The van der Waals surface area contributed by atoms with E-state index in [0.29, 0.717) is 0 Å². The molecule has 0 fully saturated rings. The number of para-hydroxylation sites is 1. The lowest BCUT2D eigenvalue weighted by Crippen LogP contribution is -2.09. The Morgan fingerprint density at radius 3 is 2.80 bits per heavy atom. The molecule has 0 radical (unpaired) electrons. The highest BCUT2D eigenvalue weighted by molar-refractivity contribution is 5.96. The molecule has 0 aliphatic rings. The maximum atomic E-state index is 13.4. The van der Waals surface area contributed by atoms with E-state index in [1.54, 1.807) is 12.1 Å². The van der Waals surface area contributed by atoms with Gasteiger partial charge in [0.15, 0.2) is 0 Å². The van der Waals surface area contributed by atoms with Gasteiger partial charge in [0, 0.05) is 17.1 Å². The molecule has 3 heteroatoms. The smallest absolute Gasteiger partial charge is 0.123 e. The Balaban J connectivity index is 2.10. The van der Waals surface area contributed by atoms with Crippen LogP contribution in [0.15, 0.2) is 48.7 Å². The predicted octanol–water partition coefficient (Wildman–Crippen LogP) is 3.74. The number of aromatic nitrogens is 1. The zero-order chi connectivity index (χ0) is 13.9. The van der Waals surface area contributed by atoms with Crippen molar-refractivity contribution in [2.24, 2.45) is 0 Å². The molecule has 0 spiro atoms. The van der Waals surface area contributed by atoms with Crippen molar-refractivity contribution in [1.29, 1.82) is 0 Å². The summed E-state index contributed by atoms with van der Waals surface area (Å²) in [5.41, 5.74) is 4.30. The molecule has 0 aliphatic carbocycles. The highest BCUT2D eigenvalue weighted by atomic mass is 19.1. The third-order valence-corrected chi connectivity index (χ3v) is 3.58. The van der Waals surface area contributed by atoms with Crippen LogP contribution in [0.3, 0.4) is 0 Å². The summed E-state index contributed by atoms with van der Waals surface area (Å²) >= 11 is 0. The van der Waals surface area contributed by atoms with Crippen LogP contribution in [-0.4, -0.2) is 18.6 Å². The van der Waals surface area contributed by atoms with Crippen LogP contribution in [0.5, 0.6) is 0 Å². The van der Waals surface area contributed by atoms with E-state index in [9.17, 15) is 4.39 Å². The zero-order valence-electron chi connectivity index (χ0n) is 11.4. The predicted molar refractivity (Wildman–Crippen MR) is 81.3 cm³/mol. The average molecular weight is 268 g/mol. The maximum absolute atomic E-state index is 13.4. The number of likely N-dealkylation sites (N-methyl/N-ethyl adjacent to an activating group) is 1. The first kappa shape index (κ1) is 12.9. The number of hydrogen-bond donors (Lipinski definition) is 2. The number of hydrogen-bond acceptors (Lipinski definition) is 1. The second-order valence-corrected chi connectivity index (χ2v) is 4.91. The molecular weight excluding hydrogens is 251 g/mol. The number of benzene rings is 2. The first-order valence-corrected chi connectivity index (χ1v) is 6.79. The Kier molecular flexibility index (Phi) is 3.52. The van der Waals surface area contributed by atoms with Gasteiger partial charge in [-0.3, -0.25) is 0 Å². The third-order valence-electron chi connectivity index (χ3n) is 3.58. The summed E-state index contributed by atoms with van der Waals surface area (Å²) in [6.07, 6.45) is 3.02. The van der Waals surface area contributed by atoms with Crippen LogP contribution in [-0.2, 0) is 6.42 Å². The van der Waals surface area contributed by atoms with E-state index in [1.165, 1.54) is 17.0 Å². The molecule has 1 aromatic heterocycles. The SMILES string of the molecule is CNCCc1c[nH]c2c(-c3cccc(F)c3)cccc12. The van der Waals surface area contributed by atoms with Crippen molar-refractivity contribution in [3.63, 3.8) is 0 Å². The molecule has 1 heterocycles. The largest absolute Gasteiger partial charge is 0.360 e. The van der Waals surface area contributed by atoms with Gasteiger partial charge in [0.2, 0.25) is 0 Å². The van der Waals surface area contributed by atoms with Crippen LogP contribution >= 0.6 is 0 Å². The molecule has 2 aromatic carbocycles. The van der Waals surface area contributed by atoms with Crippen molar-refractivity contribution >= 4 is 10.9 Å². The molecule has 0 atom stereocenters. The molecule has 0 bridgehead atoms. The summed E-state index contributed by atoms with van der Waals surface area (Å²) in [5.74, 6) is -0.207. The third kappa shape index (κ3) is 2.32. The van der Waals surface area contributed by atoms with E-state index >= 15 is 0 Å². The fourth-order valence-corrected chi connectivity index (χ4v) is 2.58. The van der Waals surface area contributed by atoms with Gasteiger partial charge >= 0.3 is 0 Å². The van der Waals surface area contributed by atoms with Crippen LogP contribution in [0, 0.1) is 5.82 Å². The Morgan fingerprint density at radius 1 is 1.15 bits per heavy atom. The topological polar surface area (TPSA) is 27.8 Å². The van der Waals surface area contributed by atoms with E-state index in [0.717, 1.165) is 29.6 Å². The van der Waals surface area contributed by atoms with Crippen molar-refractivity contribution < 1.29 is 4.39 Å². The fourth-order valence-electron chi connectivity index (χ4n) is 2.58. The van der Waals surface area contributed by atoms with Gasteiger partial charge in [-0.1, -0.05) is 30.3 Å². The van der Waals surface area contributed by atoms with Crippen LogP contribution in [0.2, 0.25) is 0 Å². The quantitative estimate of drug-likeness (QED) is 0.741.